The molecule has 0 aliphatic carbocycles. The van der Waals surface area contributed by atoms with Gasteiger partial charge in [-0.25, -0.2) is 9.37 Å². The van der Waals surface area contributed by atoms with E-state index in [2.05, 4.69) is 39.6 Å². The lowest BCUT2D eigenvalue weighted by Gasteiger charge is -2.04. The van der Waals surface area contributed by atoms with Crippen molar-refractivity contribution in [1.29, 1.82) is 0 Å². The first kappa shape index (κ1) is 18.1. The normalized spacial score (nSPS) is 10.7. The minimum absolute atomic E-state index is 0.127. The minimum Gasteiger partial charge on any atom is -0.351 e. The summed E-state index contributed by atoms with van der Waals surface area (Å²) < 4.78 is 12.8. The number of halogens is 1. The molecule has 2 N–H and O–H groups in total. The van der Waals surface area contributed by atoms with Gasteiger partial charge in [-0.15, -0.1) is 5.10 Å². The molecule has 0 radical (unpaired) electrons. The topological polar surface area (TPSA) is 70.7 Å². The minimum atomic E-state index is -0.291. The first-order chi connectivity index (χ1) is 12.6. The van der Waals surface area contributed by atoms with E-state index in [0.29, 0.717) is 17.5 Å². The third-order valence-corrected chi connectivity index (χ3v) is 4.68. The maximum atomic E-state index is 12.8. The second kappa shape index (κ2) is 8.62. The number of amides is 1. The van der Waals surface area contributed by atoms with Crippen molar-refractivity contribution in [3.8, 4) is 11.4 Å². The van der Waals surface area contributed by atoms with E-state index >= 15 is 0 Å². The van der Waals surface area contributed by atoms with E-state index < -0.39 is 0 Å². The molecular weight excluding hydrogens is 351 g/mol. The van der Waals surface area contributed by atoms with Crippen LogP contribution in [0.15, 0.2) is 53.7 Å². The molecule has 0 aliphatic heterocycles. The summed E-state index contributed by atoms with van der Waals surface area (Å²) in [6.45, 7) is 2.47. The van der Waals surface area contributed by atoms with E-state index in [-0.39, 0.29) is 17.5 Å². The molecule has 0 spiro atoms. The second-order valence-corrected chi connectivity index (χ2v) is 6.65. The monoisotopic (exact) mass is 370 g/mol. The van der Waals surface area contributed by atoms with Gasteiger partial charge in [0.2, 0.25) is 11.1 Å². The van der Waals surface area contributed by atoms with E-state index in [1.54, 1.807) is 12.1 Å². The van der Waals surface area contributed by atoms with Gasteiger partial charge in [0.15, 0.2) is 5.82 Å². The summed E-state index contributed by atoms with van der Waals surface area (Å²) in [5, 5.41) is 10.4. The molecule has 3 rings (SSSR count). The van der Waals surface area contributed by atoms with Crippen LogP contribution in [0.2, 0.25) is 0 Å². The fourth-order valence-electron chi connectivity index (χ4n) is 2.32. The quantitative estimate of drug-likeness (QED) is 0.624. The van der Waals surface area contributed by atoms with Crippen LogP contribution in [0.4, 0.5) is 4.39 Å². The van der Waals surface area contributed by atoms with Crippen molar-refractivity contribution in [2.45, 2.75) is 25.0 Å². The zero-order valence-electron chi connectivity index (χ0n) is 14.3. The summed E-state index contributed by atoms with van der Waals surface area (Å²) >= 11 is 1.26. The lowest BCUT2D eigenvalue weighted by atomic mass is 10.1. The predicted molar refractivity (Wildman–Crippen MR) is 100 cm³/mol. The summed E-state index contributed by atoms with van der Waals surface area (Å²) in [4.78, 5) is 16.3. The number of aromatic nitrogens is 3. The molecule has 5 nitrogen and oxygen atoms in total. The highest BCUT2D eigenvalue weighted by Crippen LogP contribution is 2.19. The number of carbonyl (C=O) groups is 1. The van der Waals surface area contributed by atoms with Crippen molar-refractivity contribution in [2.24, 2.45) is 0 Å². The summed E-state index contributed by atoms with van der Waals surface area (Å²) in [5.41, 5.74) is 3.07. The van der Waals surface area contributed by atoms with Gasteiger partial charge in [0.25, 0.3) is 0 Å². The molecule has 0 aliphatic rings. The highest BCUT2D eigenvalue weighted by molar-refractivity contribution is 7.99. The number of aryl methyl sites for hydroxylation is 1. The van der Waals surface area contributed by atoms with Crippen LogP contribution >= 0.6 is 11.8 Å². The Labute approximate surface area is 155 Å². The largest absolute Gasteiger partial charge is 0.351 e. The molecular formula is C19H19FN4OS. The van der Waals surface area contributed by atoms with Gasteiger partial charge in [-0.05, 0) is 29.7 Å². The smallest absolute Gasteiger partial charge is 0.230 e. The predicted octanol–water partition coefficient (Wildman–Crippen LogP) is 3.58. The van der Waals surface area contributed by atoms with Gasteiger partial charge in [0.1, 0.15) is 5.82 Å². The van der Waals surface area contributed by atoms with Crippen LogP contribution in [-0.4, -0.2) is 26.8 Å². The summed E-state index contributed by atoms with van der Waals surface area (Å²) in [5.74, 6) is 0.480. The fraction of sp³-hybridized carbons (Fsp3) is 0.211. The Bertz CT molecular complexity index is 862. The third kappa shape index (κ3) is 4.92. The molecule has 26 heavy (non-hydrogen) atoms. The van der Waals surface area contributed by atoms with Crippen molar-refractivity contribution in [3.63, 3.8) is 0 Å². The number of hydrogen-bond donors (Lipinski definition) is 2. The highest BCUT2D eigenvalue weighted by Gasteiger charge is 2.09. The Morgan fingerprint density at radius 3 is 2.50 bits per heavy atom. The number of hydrogen-bond acceptors (Lipinski definition) is 4. The lowest BCUT2D eigenvalue weighted by Crippen LogP contribution is -2.24. The molecule has 3 aromatic rings. The Morgan fingerprint density at radius 2 is 1.81 bits per heavy atom. The van der Waals surface area contributed by atoms with Crippen molar-refractivity contribution in [1.82, 2.24) is 20.5 Å². The van der Waals surface area contributed by atoms with Gasteiger partial charge in [-0.1, -0.05) is 55.1 Å². The number of nitrogens with zero attached hydrogens (tertiary/aromatic N) is 2. The van der Waals surface area contributed by atoms with Gasteiger partial charge >= 0.3 is 0 Å². The molecule has 1 aromatic heterocycles. The van der Waals surface area contributed by atoms with Crippen LogP contribution in [0.5, 0.6) is 0 Å². The van der Waals surface area contributed by atoms with Crippen molar-refractivity contribution >= 4 is 17.7 Å². The van der Waals surface area contributed by atoms with Crippen LogP contribution in [0.3, 0.4) is 0 Å². The molecule has 0 atom stereocenters. The average Bonchev–Trinajstić information content (AvgIpc) is 3.15. The molecule has 0 saturated carbocycles. The molecule has 2 aromatic carbocycles. The fourth-order valence-corrected chi connectivity index (χ4v) is 2.95. The Kier molecular flexibility index (Phi) is 6.01. The second-order valence-electron chi connectivity index (χ2n) is 5.71. The zero-order chi connectivity index (χ0) is 18.4. The number of carbonyl (C=O) groups excluding carboxylic acids is 1. The number of aromatic amines is 1. The lowest BCUT2D eigenvalue weighted by molar-refractivity contribution is -0.118. The van der Waals surface area contributed by atoms with Crippen LogP contribution in [0, 0.1) is 5.82 Å². The number of nitrogens with one attached hydrogen (secondary N) is 2. The van der Waals surface area contributed by atoms with Crippen molar-refractivity contribution in [3.05, 3.63) is 65.5 Å². The molecule has 1 heterocycles. The van der Waals surface area contributed by atoms with E-state index in [1.807, 2.05) is 12.1 Å². The van der Waals surface area contributed by atoms with E-state index in [1.165, 1.54) is 29.5 Å². The first-order valence-corrected chi connectivity index (χ1v) is 9.28. The molecule has 7 heteroatoms. The van der Waals surface area contributed by atoms with Crippen molar-refractivity contribution in [2.75, 3.05) is 5.75 Å². The Hall–Kier alpha value is -2.67. The summed E-state index contributed by atoms with van der Waals surface area (Å²) in [6.07, 6.45) is 0.991. The highest BCUT2D eigenvalue weighted by atomic mass is 32.2. The van der Waals surface area contributed by atoms with E-state index in [0.717, 1.165) is 17.5 Å². The Morgan fingerprint density at radius 1 is 1.12 bits per heavy atom. The Balaban J connectivity index is 1.49. The number of thioether (sulfide) groups is 1. The van der Waals surface area contributed by atoms with Gasteiger partial charge in [-0.2, -0.15) is 0 Å². The number of rotatable bonds is 7. The van der Waals surface area contributed by atoms with Crippen LogP contribution in [-0.2, 0) is 17.8 Å². The van der Waals surface area contributed by atoms with E-state index in [4.69, 9.17) is 0 Å². The molecule has 0 unspecified atom stereocenters. The molecule has 134 valence electrons. The standard InChI is InChI=1S/C19H19FN4OS/c1-2-13-3-7-15(8-4-13)18-22-19(24-23-18)26-12-17(25)21-11-14-5-9-16(20)10-6-14/h3-10H,2,11-12H2,1H3,(H,21,25)(H,22,23,24). The van der Waals surface area contributed by atoms with E-state index in [9.17, 15) is 9.18 Å². The van der Waals surface area contributed by atoms with Crippen LogP contribution in [0.1, 0.15) is 18.1 Å². The average molecular weight is 370 g/mol. The maximum Gasteiger partial charge on any atom is 0.230 e. The number of H-pyrrole nitrogens is 1. The molecule has 0 bridgehead atoms. The van der Waals surface area contributed by atoms with Gasteiger partial charge < -0.3 is 5.32 Å². The number of benzene rings is 2. The summed E-state index contributed by atoms with van der Waals surface area (Å²) in [6, 6.07) is 14.2. The molecule has 0 saturated heterocycles. The van der Waals surface area contributed by atoms with Crippen LogP contribution in [0.25, 0.3) is 11.4 Å². The third-order valence-electron chi connectivity index (χ3n) is 3.84. The first-order valence-electron chi connectivity index (χ1n) is 8.29. The van der Waals surface area contributed by atoms with Crippen LogP contribution < -0.4 is 5.32 Å². The molecule has 1 amide bonds. The van der Waals surface area contributed by atoms with Gasteiger partial charge in [0, 0.05) is 12.1 Å². The van der Waals surface area contributed by atoms with Crippen molar-refractivity contribution < 1.29 is 9.18 Å². The summed E-state index contributed by atoms with van der Waals surface area (Å²) in [7, 11) is 0. The zero-order valence-corrected chi connectivity index (χ0v) is 15.1. The molecule has 0 fully saturated rings. The van der Waals surface area contributed by atoms with Gasteiger partial charge in [-0.3, -0.25) is 9.89 Å². The van der Waals surface area contributed by atoms with Gasteiger partial charge in [0.05, 0.1) is 5.75 Å². The SMILES string of the molecule is CCc1ccc(-c2nc(SCC(=O)NCc3ccc(F)cc3)n[nH]2)cc1. The maximum absolute atomic E-state index is 12.8.